The van der Waals surface area contributed by atoms with Crippen molar-refractivity contribution in [2.24, 2.45) is 5.92 Å². The molecule has 4 rings (SSSR count). The molecule has 2 aliphatic rings. The first-order chi connectivity index (χ1) is 14.8. The highest BCUT2D eigenvalue weighted by Gasteiger charge is 2.37. The lowest BCUT2D eigenvalue weighted by Gasteiger charge is -2.17. The molecule has 0 saturated carbocycles. The molecule has 8 heteroatoms. The molecule has 1 saturated heterocycles. The van der Waals surface area contributed by atoms with E-state index < -0.39 is 35.1 Å². The average molecular weight is 420 g/mol. The molecule has 3 amide bonds. The fourth-order valence-electron chi connectivity index (χ4n) is 3.72. The second kappa shape index (κ2) is 8.06. The quantitative estimate of drug-likeness (QED) is 0.447. The third kappa shape index (κ3) is 3.92. The second-order valence-electron chi connectivity index (χ2n) is 7.33. The first-order valence-electron chi connectivity index (χ1n) is 9.65. The molecule has 1 atom stereocenters. The maximum atomic E-state index is 13.3. The summed E-state index contributed by atoms with van der Waals surface area (Å²) >= 11 is 0. The number of hydrogen-bond acceptors (Lipinski definition) is 5. The zero-order valence-corrected chi connectivity index (χ0v) is 16.2. The number of hydrogen-bond donors (Lipinski definition) is 2. The Bertz CT molecular complexity index is 1180. The van der Waals surface area contributed by atoms with E-state index in [2.05, 4.69) is 10.6 Å². The van der Waals surface area contributed by atoms with Gasteiger partial charge in [0.15, 0.2) is 11.6 Å². The number of ketones is 2. The Morgan fingerprint density at radius 2 is 1.87 bits per heavy atom. The van der Waals surface area contributed by atoms with Crippen LogP contribution in [0.1, 0.15) is 49.5 Å². The van der Waals surface area contributed by atoms with Crippen LogP contribution in [0.4, 0.5) is 4.39 Å². The van der Waals surface area contributed by atoms with Crippen LogP contribution in [0.15, 0.2) is 54.1 Å². The van der Waals surface area contributed by atoms with Crippen LogP contribution in [0.25, 0.3) is 0 Å². The van der Waals surface area contributed by atoms with Gasteiger partial charge in [0.1, 0.15) is 5.82 Å². The van der Waals surface area contributed by atoms with Crippen LogP contribution in [0.5, 0.6) is 0 Å². The van der Waals surface area contributed by atoms with Crippen molar-refractivity contribution in [3.8, 4) is 0 Å². The molecular weight excluding hydrogens is 403 g/mol. The lowest BCUT2D eigenvalue weighted by Crippen LogP contribution is -2.40. The molecule has 1 fully saturated rings. The summed E-state index contributed by atoms with van der Waals surface area (Å²) in [5, 5.41) is 4.82. The number of halogens is 1. The third-order valence-electron chi connectivity index (χ3n) is 5.29. The van der Waals surface area contributed by atoms with Crippen LogP contribution in [-0.4, -0.2) is 29.3 Å². The molecule has 31 heavy (non-hydrogen) atoms. The van der Waals surface area contributed by atoms with Crippen molar-refractivity contribution in [3.05, 3.63) is 82.2 Å². The predicted molar refractivity (Wildman–Crippen MR) is 107 cm³/mol. The van der Waals surface area contributed by atoms with Crippen LogP contribution >= 0.6 is 0 Å². The molecule has 1 aliphatic carbocycles. The third-order valence-corrected chi connectivity index (χ3v) is 5.29. The summed E-state index contributed by atoms with van der Waals surface area (Å²) < 4.78 is 13.3. The van der Waals surface area contributed by atoms with Crippen molar-refractivity contribution in [3.63, 3.8) is 0 Å². The molecule has 7 nitrogen and oxygen atoms in total. The highest BCUT2D eigenvalue weighted by Crippen LogP contribution is 2.31. The fourth-order valence-corrected chi connectivity index (χ4v) is 3.72. The van der Waals surface area contributed by atoms with Crippen LogP contribution in [0.3, 0.4) is 0 Å². The highest BCUT2D eigenvalue weighted by molar-refractivity contribution is 6.40. The number of carbonyl (C=O) groups excluding carboxylic acids is 5. The minimum atomic E-state index is -0.744. The zero-order valence-electron chi connectivity index (χ0n) is 16.2. The van der Waals surface area contributed by atoms with Crippen molar-refractivity contribution in [1.29, 1.82) is 0 Å². The Labute approximate surface area is 176 Å². The van der Waals surface area contributed by atoms with Gasteiger partial charge in [0.25, 0.3) is 5.91 Å². The maximum absolute atomic E-state index is 13.3. The first kappa shape index (κ1) is 20.3. The van der Waals surface area contributed by atoms with E-state index in [1.165, 1.54) is 30.3 Å². The second-order valence-corrected chi connectivity index (χ2v) is 7.33. The number of rotatable bonds is 4. The van der Waals surface area contributed by atoms with Crippen molar-refractivity contribution in [2.75, 3.05) is 0 Å². The minimum absolute atomic E-state index is 0.0385. The molecule has 1 aliphatic heterocycles. The number of benzene rings is 2. The van der Waals surface area contributed by atoms with Crippen LogP contribution in [0.2, 0.25) is 0 Å². The maximum Gasteiger partial charge on any atom is 0.251 e. The van der Waals surface area contributed by atoms with Crippen molar-refractivity contribution < 1.29 is 28.4 Å². The summed E-state index contributed by atoms with van der Waals surface area (Å²) in [6.45, 7) is -0.0385. The number of fused-ring (bicyclic) bond motifs is 1. The smallest absolute Gasteiger partial charge is 0.251 e. The SMILES string of the molecule is O=C1CCC(C=C2C(=O)c3cccc(CNC(=O)c4cccc(F)c4)c3C2=O)C(=O)N1. The van der Waals surface area contributed by atoms with Gasteiger partial charge in [-0.15, -0.1) is 0 Å². The summed E-state index contributed by atoms with van der Waals surface area (Å²) in [5.41, 5.74) is 0.820. The van der Waals surface area contributed by atoms with Gasteiger partial charge in [-0.25, -0.2) is 4.39 Å². The first-order valence-corrected chi connectivity index (χ1v) is 9.65. The number of imide groups is 1. The Hall–Kier alpha value is -3.94. The number of nitrogens with one attached hydrogen (secondary N) is 2. The molecule has 2 aromatic carbocycles. The highest BCUT2D eigenvalue weighted by atomic mass is 19.1. The van der Waals surface area contributed by atoms with E-state index in [1.54, 1.807) is 12.1 Å². The van der Waals surface area contributed by atoms with E-state index in [-0.39, 0.29) is 47.6 Å². The summed E-state index contributed by atoms with van der Waals surface area (Å²) in [7, 11) is 0. The van der Waals surface area contributed by atoms with E-state index in [1.807, 2.05) is 0 Å². The van der Waals surface area contributed by atoms with Crippen molar-refractivity contribution >= 4 is 29.3 Å². The van der Waals surface area contributed by atoms with Gasteiger partial charge in [0, 0.05) is 29.7 Å². The zero-order chi connectivity index (χ0) is 22.1. The van der Waals surface area contributed by atoms with E-state index in [0.29, 0.717) is 5.56 Å². The molecule has 156 valence electrons. The Balaban J connectivity index is 1.57. The number of carbonyl (C=O) groups is 5. The molecule has 1 unspecified atom stereocenters. The summed E-state index contributed by atoms with van der Waals surface area (Å²) in [6, 6.07) is 9.93. The molecule has 0 bridgehead atoms. The van der Waals surface area contributed by atoms with Gasteiger partial charge in [0.05, 0.1) is 11.5 Å². The predicted octanol–water partition coefficient (Wildman–Crippen LogP) is 2.11. The fraction of sp³-hybridized carbons (Fsp3) is 0.174. The molecule has 0 spiro atoms. The van der Waals surface area contributed by atoms with Gasteiger partial charge in [0.2, 0.25) is 11.8 Å². The summed E-state index contributed by atoms with van der Waals surface area (Å²) in [5.74, 6) is -3.76. The van der Waals surface area contributed by atoms with Crippen molar-refractivity contribution in [2.45, 2.75) is 19.4 Å². The monoisotopic (exact) mass is 420 g/mol. The number of allylic oxidation sites excluding steroid dienone is 1. The van der Waals surface area contributed by atoms with Crippen molar-refractivity contribution in [1.82, 2.24) is 10.6 Å². The van der Waals surface area contributed by atoms with Gasteiger partial charge in [-0.3, -0.25) is 29.3 Å². The molecule has 2 aromatic rings. The largest absolute Gasteiger partial charge is 0.348 e. The van der Waals surface area contributed by atoms with Crippen LogP contribution in [0, 0.1) is 11.7 Å². The molecule has 0 aromatic heterocycles. The van der Waals surface area contributed by atoms with E-state index in [4.69, 9.17) is 0 Å². The van der Waals surface area contributed by atoms with Gasteiger partial charge >= 0.3 is 0 Å². The number of piperidine rings is 1. The van der Waals surface area contributed by atoms with Crippen LogP contribution < -0.4 is 10.6 Å². The number of amides is 3. The van der Waals surface area contributed by atoms with E-state index in [0.717, 1.165) is 6.07 Å². The standard InChI is InChI=1S/C23H17FN2O5/c24-15-5-1-3-12(9-15)22(30)25-11-14-4-2-6-16-19(14)21(29)17(20(16)28)10-13-7-8-18(27)26-23(13)31/h1-6,9-10,13H,7-8,11H2,(H,25,30)(H,26,27,31). The average Bonchev–Trinajstić information content (AvgIpc) is 2.99. The number of Topliss-reactive ketones (excluding diaryl/α,β-unsaturated/α-hetero) is 2. The molecule has 1 heterocycles. The Kier molecular flexibility index (Phi) is 5.29. The van der Waals surface area contributed by atoms with E-state index in [9.17, 15) is 28.4 Å². The van der Waals surface area contributed by atoms with Gasteiger partial charge in [-0.1, -0.05) is 30.3 Å². The molecule has 0 radical (unpaired) electrons. The lowest BCUT2D eigenvalue weighted by atomic mass is 9.94. The molecular formula is C23H17FN2O5. The van der Waals surface area contributed by atoms with Crippen LogP contribution in [-0.2, 0) is 16.1 Å². The topological polar surface area (TPSA) is 109 Å². The van der Waals surface area contributed by atoms with E-state index >= 15 is 0 Å². The summed E-state index contributed by atoms with van der Waals surface area (Å²) in [4.78, 5) is 61.4. The molecule has 2 N–H and O–H groups in total. The van der Waals surface area contributed by atoms with Gasteiger partial charge < -0.3 is 5.32 Å². The van der Waals surface area contributed by atoms with Gasteiger partial charge in [-0.2, -0.15) is 0 Å². The lowest BCUT2D eigenvalue weighted by molar-refractivity contribution is -0.135. The Morgan fingerprint density at radius 1 is 1.10 bits per heavy atom. The Morgan fingerprint density at radius 3 is 2.61 bits per heavy atom. The normalized spacial score (nSPS) is 19.4. The van der Waals surface area contributed by atoms with Gasteiger partial charge in [-0.05, 0) is 30.2 Å². The summed E-state index contributed by atoms with van der Waals surface area (Å²) in [6.07, 6.45) is 1.68. The minimum Gasteiger partial charge on any atom is -0.348 e.